The van der Waals surface area contributed by atoms with Gasteiger partial charge in [-0.25, -0.2) is 5.01 Å². The highest BCUT2D eigenvalue weighted by Gasteiger charge is 2.22. The van der Waals surface area contributed by atoms with Crippen molar-refractivity contribution < 1.29 is 14.7 Å². The van der Waals surface area contributed by atoms with Gasteiger partial charge in [-0.2, -0.15) is 0 Å². The summed E-state index contributed by atoms with van der Waals surface area (Å²) >= 11 is 0. The molecule has 0 heterocycles. The number of hydrogen-bond donors (Lipinski definition) is 3. The molecule has 0 rings (SSSR count). The Morgan fingerprint density at radius 3 is 2.41 bits per heavy atom. The van der Waals surface area contributed by atoms with Crippen molar-refractivity contribution in [2.75, 3.05) is 6.54 Å². The minimum atomic E-state index is -1.06. The van der Waals surface area contributed by atoms with Crippen LogP contribution in [-0.4, -0.2) is 40.6 Å². The maximum atomic E-state index is 11.6. The molecule has 0 bridgehead atoms. The quantitative estimate of drug-likeness (QED) is 0.325. The Labute approximate surface area is 102 Å². The molecule has 0 saturated carbocycles. The van der Waals surface area contributed by atoms with Gasteiger partial charge in [0.15, 0.2) is 0 Å². The van der Waals surface area contributed by atoms with Crippen LogP contribution in [0.25, 0.3) is 0 Å². The van der Waals surface area contributed by atoms with E-state index in [0.29, 0.717) is 6.54 Å². The number of nitrogens with two attached hydrogens (primary N) is 1. The molecule has 17 heavy (non-hydrogen) atoms. The van der Waals surface area contributed by atoms with Gasteiger partial charge in [-0.1, -0.05) is 19.8 Å². The molecule has 0 aliphatic heterocycles. The number of nitrogens with zero attached hydrogens (tertiary/aromatic N) is 1. The first-order chi connectivity index (χ1) is 7.90. The molecule has 0 aromatic heterocycles. The van der Waals surface area contributed by atoms with Crippen LogP contribution in [0.2, 0.25) is 0 Å². The van der Waals surface area contributed by atoms with E-state index in [-0.39, 0.29) is 5.91 Å². The van der Waals surface area contributed by atoms with Gasteiger partial charge in [0, 0.05) is 6.54 Å². The highest BCUT2D eigenvalue weighted by molar-refractivity contribution is 5.86. The second-order valence-corrected chi connectivity index (χ2v) is 4.19. The van der Waals surface area contributed by atoms with Crippen molar-refractivity contribution in [3.05, 3.63) is 0 Å². The molecule has 0 radical (unpaired) electrons. The SMILES string of the molecule is CCCCCN(N)C(C)C(=O)NC(C)C(=O)O. The number of carboxylic acid groups (broad SMARTS) is 1. The number of carbonyl (C=O) groups excluding carboxylic acids is 1. The summed E-state index contributed by atoms with van der Waals surface area (Å²) in [6, 6.07) is -1.41. The molecule has 100 valence electrons. The van der Waals surface area contributed by atoms with Gasteiger partial charge in [-0.3, -0.25) is 15.4 Å². The average molecular weight is 245 g/mol. The Kier molecular flexibility index (Phi) is 7.49. The minimum absolute atomic E-state index is 0.362. The van der Waals surface area contributed by atoms with E-state index < -0.39 is 18.1 Å². The van der Waals surface area contributed by atoms with Crippen LogP contribution in [0.15, 0.2) is 0 Å². The van der Waals surface area contributed by atoms with E-state index in [2.05, 4.69) is 12.2 Å². The van der Waals surface area contributed by atoms with Gasteiger partial charge in [0.05, 0.1) is 6.04 Å². The Morgan fingerprint density at radius 2 is 1.94 bits per heavy atom. The topological polar surface area (TPSA) is 95.7 Å². The fourth-order valence-electron chi connectivity index (χ4n) is 1.28. The van der Waals surface area contributed by atoms with Crippen molar-refractivity contribution in [1.82, 2.24) is 10.3 Å². The summed E-state index contributed by atoms with van der Waals surface area (Å²) in [4.78, 5) is 22.2. The van der Waals surface area contributed by atoms with Crippen LogP contribution < -0.4 is 11.2 Å². The minimum Gasteiger partial charge on any atom is -0.480 e. The number of rotatable bonds is 8. The van der Waals surface area contributed by atoms with Crippen molar-refractivity contribution >= 4 is 11.9 Å². The zero-order valence-electron chi connectivity index (χ0n) is 10.8. The Morgan fingerprint density at radius 1 is 1.35 bits per heavy atom. The monoisotopic (exact) mass is 245 g/mol. The number of carboxylic acids is 1. The van der Waals surface area contributed by atoms with Crippen molar-refractivity contribution in [3.63, 3.8) is 0 Å². The first-order valence-electron chi connectivity index (χ1n) is 5.94. The van der Waals surface area contributed by atoms with Crippen LogP contribution >= 0.6 is 0 Å². The van der Waals surface area contributed by atoms with Crippen LogP contribution in [0.5, 0.6) is 0 Å². The molecule has 0 saturated heterocycles. The van der Waals surface area contributed by atoms with Gasteiger partial charge in [0.2, 0.25) is 5.91 Å². The molecule has 0 aromatic rings. The highest BCUT2D eigenvalue weighted by Crippen LogP contribution is 1.99. The number of unbranched alkanes of at least 4 members (excludes halogenated alkanes) is 2. The summed E-state index contributed by atoms with van der Waals surface area (Å²) in [5, 5.41) is 12.5. The van der Waals surface area contributed by atoms with Crippen molar-refractivity contribution in [2.24, 2.45) is 5.84 Å². The van der Waals surface area contributed by atoms with Crippen molar-refractivity contribution in [3.8, 4) is 0 Å². The Balaban J connectivity index is 4.06. The number of carbonyl (C=O) groups is 2. The highest BCUT2D eigenvalue weighted by atomic mass is 16.4. The predicted molar refractivity (Wildman–Crippen MR) is 65.1 cm³/mol. The van der Waals surface area contributed by atoms with Crippen molar-refractivity contribution in [1.29, 1.82) is 0 Å². The fraction of sp³-hybridized carbons (Fsp3) is 0.818. The third kappa shape index (κ3) is 6.23. The molecule has 6 nitrogen and oxygen atoms in total. The molecule has 1 amide bonds. The van der Waals surface area contributed by atoms with Crippen molar-refractivity contribution in [2.45, 2.75) is 52.1 Å². The van der Waals surface area contributed by atoms with E-state index in [0.717, 1.165) is 19.3 Å². The third-order valence-electron chi connectivity index (χ3n) is 2.63. The lowest BCUT2D eigenvalue weighted by Gasteiger charge is -2.24. The number of aliphatic carboxylic acids is 1. The summed E-state index contributed by atoms with van der Waals surface area (Å²) in [7, 11) is 0. The largest absolute Gasteiger partial charge is 0.480 e. The standard InChI is InChI=1S/C11H23N3O3/c1-4-5-6-7-14(12)9(3)10(15)13-8(2)11(16)17/h8-9H,4-7,12H2,1-3H3,(H,13,15)(H,16,17). The molecule has 6 heteroatoms. The Hall–Kier alpha value is -1.14. The summed E-state index contributed by atoms with van der Waals surface area (Å²) in [5.41, 5.74) is 0. The first kappa shape index (κ1) is 15.9. The second-order valence-electron chi connectivity index (χ2n) is 4.19. The average Bonchev–Trinajstić information content (AvgIpc) is 2.27. The molecule has 2 atom stereocenters. The van der Waals surface area contributed by atoms with Gasteiger partial charge >= 0.3 is 5.97 Å². The lowest BCUT2D eigenvalue weighted by atomic mass is 10.2. The molecule has 0 spiro atoms. The lowest BCUT2D eigenvalue weighted by molar-refractivity contribution is -0.142. The molecule has 0 aliphatic rings. The third-order valence-corrected chi connectivity index (χ3v) is 2.63. The number of nitrogens with one attached hydrogen (secondary N) is 1. The molecular weight excluding hydrogens is 222 g/mol. The van der Waals surface area contributed by atoms with E-state index in [1.54, 1.807) is 6.92 Å². The van der Waals surface area contributed by atoms with E-state index in [9.17, 15) is 9.59 Å². The van der Waals surface area contributed by atoms with Gasteiger partial charge in [-0.15, -0.1) is 0 Å². The Bertz CT molecular complexity index is 258. The van der Waals surface area contributed by atoms with Gasteiger partial charge in [0.1, 0.15) is 6.04 Å². The molecular formula is C11H23N3O3. The van der Waals surface area contributed by atoms with Gasteiger partial charge in [-0.05, 0) is 20.3 Å². The smallest absolute Gasteiger partial charge is 0.325 e. The molecule has 0 fully saturated rings. The predicted octanol–water partition coefficient (Wildman–Crippen LogP) is 0.330. The lowest BCUT2D eigenvalue weighted by Crippen LogP contribution is -2.52. The molecule has 0 aromatic carbocycles. The summed E-state index contributed by atoms with van der Waals surface area (Å²) in [6.45, 7) is 5.80. The van der Waals surface area contributed by atoms with E-state index in [4.69, 9.17) is 10.9 Å². The number of hydrazine groups is 1. The van der Waals surface area contributed by atoms with Crippen LogP contribution in [-0.2, 0) is 9.59 Å². The van der Waals surface area contributed by atoms with Crippen LogP contribution in [0.1, 0.15) is 40.0 Å². The molecule has 2 unspecified atom stereocenters. The number of amides is 1. The summed E-state index contributed by atoms with van der Waals surface area (Å²) in [6.07, 6.45) is 3.08. The van der Waals surface area contributed by atoms with E-state index >= 15 is 0 Å². The summed E-state index contributed by atoms with van der Waals surface area (Å²) in [5.74, 6) is 4.32. The normalized spacial score (nSPS) is 14.4. The fourth-order valence-corrected chi connectivity index (χ4v) is 1.28. The summed E-state index contributed by atoms with van der Waals surface area (Å²) < 4.78 is 0. The second kappa shape index (κ2) is 8.03. The van der Waals surface area contributed by atoms with E-state index in [1.807, 2.05) is 0 Å². The zero-order chi connectivity index (χ0) is 13.4. The maximum Gasteiger partial charge on any atom is 0.325 e. The van der Waals surface area contributed by atoms with Gasteiger partial charge < -0.3 is 10.4 Å². The van der Waals surface area contributed by atoms with E-state index in [1.165, 1.54) is 11.9 Å². The molecule has 4 N–H and O–H groups in total. The molecule has 0 aliphatic carbocycles. The zero-order valence-corrected chi connectivity index (χ0v) is 10.8. The van der Waals surface area contributed by atoms with Crippen LogP contribution in [0.4, 0.5) is 0 Å². The van der Waals surface area contributed by atoms with Gasteiger partial charge in [0.25, 0.3) is 0 Å². The van der Waals surface area contributed by atoms with Crippen LogP contribution in [0, 0.1) is 0 Å². The maximum absolute atomic E-state index is 11.6. The number of hydrogen-bond acceptors (Lipinski definition) is 4. The first-order valence-corrected chi connectivity index (χ1v) is 5.94. The van der Waals surface area contributed by atoms with Crippen LogP contribution in [0.3, 0.4) is 0 Å².